The normalized spacial score (nSPS) is 22.7. The van der Waals surface area contributed by atoms with Crippen LogP contribution in [0.1, 0.15) is 84.5 Å². The molecule has 1 unspecified atom stereocenters. The van der Waals surface area contributed by atoms with Gasteiger partial charge in [-0.05, 0) is 43.6 Å². The third kappa shape index (κ3) is 5.77. The van der Waals surface area contributed by atoms with E-state index >= 15 is 0 Å². The largest absolute Gasteiger partial charge is 0.354 e. The first-order valence-corrected chi connectivity index (χ1v) is 9.98. The first-order chi connectivity index (χ1) is 11.0. The van der Waals surface area contributed by atoms with Gasteiger partial charge in [0, 0.05) is 6.54 Å². The molecule has 0 aromatic heterocycles. The number of rotatable bonds is 7. The third-order valence-corrected chi connectivity index (χ3v) is 6.39. The molecule has 134 valence electrons. The van der Waals surface area contributed by atoms with Gasteiger partial charge in [0.15, 0.2) is 0 Å². The van der Waals surface area contributed by atoms with Crippen molar-refractivity contribution >= 4 is 5.91 Å². The van der Waals surface area contributed by atoms with Crippen LogP contribution in [0.2, 0.25) is 0 Å². The van der Waals surface area contributed by atoms with E-state index in [0.29, 0.717) is 0 Å². The van der Waals surface area contributed by atoms with Gasteiger partial charge < -0.3 is 10.6 Å². The van der Waals surface area contributed by atoms with E-state index in [9.17, 15) is 4.79 Å². The maximum atomic E-state index is 12.6. The highest BCUT2D eigenvalue weighted by Crippen LogP contribution is 2.37. The van der Waals surface area contributed by atoms with Crippen LogP contribution in [-0.2, 0) is 4.79 Å². The zero-order chi connectivity index (χ0) is 16.7. The summed E-state index contributed by atoms with van der Waals surface area (Å²) in [4.78, 5) is 12.6. The van der Waals surface area contributed by atoms with Crippen LogP contribution in [0.25, 0.3) is 0 Å². The Morgan fingerprint density at radius 3 is 2.13 bits per heavy atom. The molecule has 0 aromatic carbocycles. The molecule has 0 saturated heterocycles. The molecule has 2 N–H and O–H groups in total. The molecule has 23 heavy (non-hydrogen) atoms. The van der Waals surface area contributed by atoms with Crippen LogP contribution >= 0.6 is 0 Å². The fraction of sp³-hybridized carbons (Fsp3) is 0.950. The lowest BCUT2D eigenvalue weighted by Crippen LogP contribution is -2.47. The molecule has 0 aromatic rings. The van der Waals surface area contributed by atoms with Gasteiger partial charge in [-0.3, -0.25) is 4.79 Å². The minimum atomic E-state index is -0.0137. The molecule has 3 heteroatoms. The van der Waals surface area contributed by atoms with Gasteiger partial charge in [0.2, 0.25) is 5.91 Å². The molecule has 2 fully saturated rings. The zero-order valence-electron chi connectivity index (χ0n) is 15.6. The van der Waals surface area contributed by atoms with Crippen molar-refractivity contribution in [2.75, 3.05) is 13.6 Å². The molecule has 0 bridgehead atoms. The van der Waals surface area contributed by atoms with E-state index in [2.05, 4.69) is 24.5 Å². The lowest BCUT2D eigenvalue weighted by atomic mass is 9.71. The molecule has 2 saturated carbocycles. The van der Waals surface area contributed by atoms with Crippen LogP contribution in [0.4, 0.5) is 0 Å². The first kappa shape index (κ1) is 18.8. The standard InChI is InChI=1S/C20H38N2O/c1-20(2,17-12-8-5-9-13-17)15-22-19(23)18(21-3)14-16-10-6-4-7-11-16/h16-18,21H,4-15H2,1-3H3,(H,22,23). The van der Waals surface area contributed by atoms with Crippen molar-refractivity contribution in [3.8, 4) is 0 Å². The topological polar surface area (TPSA) is 41.1 Å². The first-order valence-electron chi connectivity index (χ1n) is 9.98. The van der Waals surface area contributed by atoms with Crippen LogP contribution in [0, 0.1) is 17.3 Å². The van der Waals surface area contributed by atoms with E-state index in [1.807, 2.05) is 7.05 Å². The monoisotopic (exact) mass is 322 g/mol. The van der Waals surface area contributed by atoms with Crippen molar-refractivity contribution in [3.05, 3.63) is 0 Å². The van der Waals surface area contributed by atoms with Crippen LogP contribution < -0.4 is 10.6 Å². The predicted octanol–water partition coefficient (Wildman–Crippen LogP) is 4.27. The van der Waals surface area contributed by atoms with E-state index in [0.717, 1.165) is 24.8 Å². The molecule has 2 aliphatic rings. The van der Waals surface area contributed by atoms with Crippen LogP contribution in [0.5, 0.6) is 0 Å². The highest BCUT2D eigenvalue weighted by Gasteiger charge is 2.32. The van der Waals surface area contributed by atoms with Crippen molar-refractivity contribution < 1.29 is 4.79 Å². The molecule has 3 nitrogen and oxygen atoms in total. The number of hydrogen-bond acceptors (Lipinski definition) is 2. The highest BCUT2D eigenvalue weighted by molar-refractivity contribution is 5.81. The van der Waals surface area contributed by atoms with Gasteiger partial charge in [-0.25, -0.2) is 0 Å². The zero-order valence-corrected chi connectivity index (χ0v) is 15.6. The van der Waals surface area contributed by atoms with Crippen LogP contribution in [-0.4, -0.2) is 25.5 Å². The number of hydrogen-bond donors (Lipinski definition) is 2. The second-order valence-electron chi connectivity index (χ2n) is 8.62. The second kappa shape index (κ2) is 9.05. The maximum Gasteiger partial charge on any atom is 0.237 e. The molecule has 2 aliphatic carbocycles. The maximum absolute atomic E-state index is 12.6. The van der Waals surface area contributed by atoms with Crippen molar-refractivity contribution in [3.63, 3.8) is 0 Å². The van der Waals surface area contributed by atoms with Gasteiger partial charge in [0.25, 0.3) is 0 Å². The van der Waals surface area contributed by atoms with E-state index in [4.69, 9.17) is 0 Å². The lowest BCUT2D eigenvalue weighted by molar-refractivity contribution is -0.124. The Bertz CT molecular complexity index is 355. The molecule has 1 amide bonds. The lowest BCUT2D eigenvalue weighted by Gasteiger charge is -2.37. The summed E-state index contributed by atoms with van der Waals surface area (Å²) in [5, 5.41) is 6.51. The van der Waals surface area contributed by atoms with E-state index in [1.54, 1.807) is 0 Å². The third-order valence-electron chi connectivity index (χ3n) is 6.39. The smallest absolute Gasteiger partial charge is 0.237 e. The summed E-state index contributed by atoms with van der Waals surface area (Å²) in [6.45, 7) is 5.48. The Balaban J connectivity index is 1.78. The van der Waals surface area contributed by atoms with Crippen molar-refractivity contribution in [1.29, 1.82) is 0 Å². The average Bonchev–Trinajstić information content (AvgIpc) is 2.59. The fourth-order valence-electron chi connectivity index (χ4n) is 4.58. The second-order valence-corrected chi connectivity index (χ2v) is 8.62. The number of likely N-dealkylation sites (N-methyl/N-ethyl adjacent to an activating group) is 1. The van der Waals surface area contributed by atoms with E-state index in [-0.39, 0.29) is 17.4 Å². The van der Waals surface area contributed by atoms with Crippen molar-refractivity contribution in [1.82, 2.24) is 10.6 Å². The molecule has 0 radical (unpaired) electrons. The summed E-state index contributed by atoms with van der Waals surface area (Å²) in [6.07, 6.45) is 14.5. The predicted molar refractivity (Wildman–Crippen MR) is 97.4 cm³/mol. The van der Waals surface area contributed by atoms with Gasteiger partial charge in [-0.1, -0.05) is 65.2 Å². The Hall–Kier alpha value is -0.570. The Morgan fingerprint density at radius 2 is 1.57 bits per heavy atom. The summed E-state index contributed by atoms with van der Waals surface area (Å²) in [5.74, 6) is 1.71. The van der Waals surface area contributed by atoms with Gasteiger partial charge in [-0.15, -0.1) is 0 Å². The number of carbonyl (C=O) groups is 1. The molecule has 2 rings (SSSR count). The number of carbonyl (C=O) groups excluding carboxylic acids is 1. The van der Waals surface area contributed by atoms with Gasteiger partial charge in [0.1, 0.15) is 0 Å². The molecular weight excluding hydrogens is 284 g/mol. The van der Waals surface area contributed by atoms with E-state index < -0.39 is 0 Å². The summed E-state index contributed by atoms with van der Waals surface area (Å²) in [6, 6.07) is -0.0137. The van der Waals surface area contributed by atoms with Crippen molar-refractivity contribution in [2.24, 2.45) is 17.3 Å². The van der Waals surface area contributed by atoms with Gasteiger partial charge in [-0.2, -0.15) is 0 Å². The van der Waals surface area contributed by atoms with Crippen LogP contribution in [0.3, 0.4) is 0 Å². The molecule has 0 heterocycles. The highest BCUT2D eigenvalue weighted by atomic mass is 16.2. The van der Waals surface area contributed by atoms with Gasteiger partial charge in [0.05, 0.1) is 6.04 Å². The van der Waals surface area contributed by atoms with Crippen LogP contribution in [0.15, 0.2) is 0 Å². The van der Waals surface area contributed by atoms with E-state index in [1.165, 1.54) is 64.2 Å². The Morgan fingerprint density at radius 1 is 1.00 bits per heavy atom. The summed E-state index contributed by atoms with van der Waals surface area (Å²) >= 11 is 0. The minimum absolute atomic E-state index is 0.0137. The Kier molecular flexibility index (Phi) is 7.39. The Labute approximate surface area is 143 Å². The van der Waals surface area contributed by atoms with Gasteiger partial charge >= 0.3 is 0 Å². The number of amides is 1. The summed E-state index contributed by atoms with van der Waals surface area (Å²) in [7, 11) is 1.93. The molecule has 0 aliphatic heterocycles. The quantitative estimate of drug-likeness (QED) is 0.735. The molecule has 1 atom stereocenters. The SMILES string of the molecule is CNC(CC1CCCCC1)C(=O)NCC(C)(C)C1CCCCC1. The fourth-order valence-corrected chi connectivity index (χ4v) is 4.58. The average molecular weight is 323 g/mol. The molecule has 0 spiro atoms. The van der Waals surface area contributed by atoms with Crippen molar-refractivity contribution in [2.45, 2.75) is 90.5 Å². The molecular formula is C20H38N2O. The minimum Gasteiger partial charge on any atom is -0.354 e. The summed E-state index contributed by atoms with van der Waals surface area (Å²) in [5.41, 5.74) is 0.221. The summed E-state index contributed by atoms with van der Waals surface area (Å²) < 4.78 is 0. The number of nitrogens with one attached hydrogen (secondary N) is 2.